The number of H-pyrrole nitrogens is 3. The summed E-state index contributed by atoms with van der Waals surface area (Å²) in [6.45, 7) is 2.63. The van der Waals surface area contributed by atoms with Crippen molar-refractivity contribution in [3.8, 4) is 0 Å². The zero-order chi connectivity index (χ0) is 27.4. The van der Waals surface area contributed by atoms with Crippen molar-refractivity contribution in [2.75, 3.05) is 11.5 Å². The van der Waals surface area contributed by atoms with Crippen LogP contribution >= 0.6 is 0 Å². The zero-order valence-electron chi connectivity index (χ0n) is 20.7. The summed E-state index contributed by atoms with van der Waals surface area (Å²) in [5, 5.41) is 14.5. The number of nitrogens with one attached hydrogen (secondary N) is 7. The molecule has 0 saturated carbocycles. The van der Waals surface area contributed by atoms with Gasteiger partial charge >= 0.3 is 17.1 Å². The summed E-state index contributed by atoms with van der Waals surface area (Å²) in [6, 6.07) is 17.0. The molecule has 0 saturated heterocycles. The van der Waals surface area contributed by atoms with Gasteiger partial charge in [0, 0.05) is 26.2 Å². The third-order valence-electron chi connectivity index (χ3n) is 6.28. The number of rotatable bonds is 2. The number of nitrogens with two attached hydrogens (primary N) is 2. The molecule has 0 aliphatic carbocycles. The van der Waals surface area contributed by atoms with Crippen LogP contribution in [0, 0.1) is 0 Å². The average molecular weight is 533 g/mol. The van der Waals surface area contributed by atoms with Crippen molar-refractivity contribution >= 4 is 11.9 Å². The molecular formula is C24H28N12O3. The Balaban J connectivity index is 0.000000292. The fourth-order valence-corrected chi connectivity index (χ4v) is 4.54. The number of hydrogen-bond donors (Lipinski definition) is 9. The molecule has 0 fully saturated rings. The summed E-state index contributed by atoms with van der Waals surface area (Å²) in [5.41, 5.74) is 13.4. The summed E-state index contributed by atoms with van der Waals surface area (Å²) in [7, 11) is 0. The van der Waals surface area contributed by atoms with E-state index in [0.717, 1.165) is 0 Å². The van der Waals surface area contributed by atoms with Gasteiger partial charge in [-0.3, -0.25) is 36.2 Å². The SMILES string of the molecule is Nc1nc(N)nc(C2(C3NCc4cccc(c4)CN3)NCc3cccc(c3)CN2)n1.O=c1[nH]c(=O)[nH]c(=O)[nH]1. The standard InChI is InChI=1S/C21H25N9.C3H3N3O3/c22-19-28-18(29-20(23)30-19)21(26-11-15-5-2-6-16(8-15)12-27-21)17-24-9-13-3-1-4-14(7-13)10-25-17;7-1-4-2(8)6-3(9)5-1/h1-8,17,24-27H,9-12H2,(H4,22,23,28,29,30);(H3,4,5,6,7,8,9). The number of fused-ring (bicyclic) bond motifs is 4. The number of nitrogen functional groups attached to an aromatic ring is 2. The van der Waals surface area contributed by atoms with E-state index in [4.69, 9.17) is 11.5 Å². The minimum atomic E-state index is -0.870. The lowest BCUT2D eigenvalue weighted by Gasteiger charge is -2.43. The Labute approximate surface area is 220 Å². The normalized spacial score (nSPS) is 16.5. The van der Waals surface area contributed by atoms with Crippen LogP contribution < -0.4 is 49.8 Å². The van der Waals surface area contributed by atoms with Crippen LogP contribution in [0.5, 0.6) is 0 Å². The van der Waals surface area contributed by atoms with Gasteiger partial charge in [0.15, 0.2) is 11.5 Å². The first-order valence-corrected chi connectivity index (χ1v) is 12.1. The monoisotopic (exact) mass is 532 g/mol. The van der Waals surface area contributed by atoms with Gasteiger partial charge in [0.1, 0.15) is 0 Å². The number of aromatic amines is 3. The Kier molecular flexibility index (Phi) is 7.29. The topological polar surface area (TPSA) is 237 Å². The smallest absolute Gasteiger partial charge is 0.330 e. The maximum Gasteiger partial charge on any atom is 0.330 e. The van der Waals surface area contributed by atoms with E-state index in [2.05, 4.69) is 84.8 Å². The molecule has 39 heavy (non-hydrogen) atoms. The van der Waals surface area contributed by atoms with E-state index in [1.165, 1.54) is 22.3 Å². The van der Waals surface area contributed by atoms with Crippen LogP contribution in [0.15, 0.2) is 62.9 Å². The van der Waals surface area contributed by atoms with E-state index < -0.39 is 22.7 Å². The Morgan fingerprint density at radius 3 is 1.49 bits per heavy atom. The highest BCUT2D eigenvalue weighted by Crippen LogP contribution is 2.25. The number of anilines is 2. The largest absolute Gasteiger partial charge is 0.368 e. The Bertz CT molecular complexity index is 1500. The number of aromatic nitrogens is 6. The molecule has 0 unspecified atom stereocenters. The third kappa shape index (κ3) is 6.07. The highest BCUT2D eigenvalue weighted by atomic mass is 16.2. The van der Waals surface area contributed by atoms with Crippen LogP contribution in [0.25, 0.3) is 0 Å². The molecular weight excluding hydrogens is 504 g/mol. The summed E-state index contributed by atoms with van der Waals surface area (Å²) in [5.74, 6) is 0.640. The lowest BCUT2D eigenvalue weighted by Crippen LogP contribution is -2.70. The van der Waals surface area contributed by atoms with Crippen molar-refractivity contribution in [2.24, 2.45) is 0 Å². The molecule has 4 heterocycles. The van der Waals surface area contributed by atoms with Gasteiger partial charge in [-0.25, -0.2) is 14.4 Å². The highest BCUT2D eigenvalue weighted by Gasteiger charge is 2.44. The molecule has 4 aromatic rings. The van der Waals surface area contributed by atoms with Gasteiger partial charge in [-0.1, -0.05) is 48.5 Å². The summed E-state index contributed by atoms with van der Waals surface area (Å²) in [4.78, 5) is 48.8. The summed E-state index contributed by atoms with van der Waals surface area (Å²) in [6.07, 6.45) is -0.249. The molecule has 2 aliphatic heterocycles. The maximum atomic E-state index is 10.2. The van der Waals surface area contributed by atoms with Crippen molar-refractivity contribution in [3.05, 3.63) is 108 Å². The van der Waals surface area contributed by atoms with Crippen LogP contribution in [-0.4, -0.2) is 36.1 Å². The maximum absolute atomic E-state index is 10.2. The van der Waals surface area contributed by atoms with Crippen molar-refractivity contribution in [3.63, 3.8) is 0 Å². The minimum Gasteiger partial charge on any atom is -0.368 e. The molecule has 2 aromatic heterocycles. The third-order valence-corrected chi connectivity index (χ3v) is 6.28. The lowest BCUT2D eigenvalue weighted by atomic mass is 9.98. The van der Waals surface area contributed by atoms with E-state index >= 15 is 0 Å². The molecule has 11 N–H and O–H groups in total. The zero-order valence-corrected chi connectivity index (χ0v) is 20.7. The fraction of sp³-hybridized carbons (Fsp3) is 0.250. The molecule has 0 spiro atoms. The quantitative estimate of drug-likeness (QED) is 0.137. The second kappa shape index (κ2) is 11.0. The molecule has 6 rings (SSSR count). The van der Waals surface area contributed by atoms with Crippen LogP contribution in [-0.2, 0) is 31.8 Å². The Morgan fingerprint density at radius 1 is 0.641 bits per heavy atom. The molecule has 15 heteroatoms. The Hall–Kier alpha value is -4.70. The van der Waals surface area contributed by atoms with Crippen LogP contribution in [0.3, 0.4) is 0 Å². The first-order chi connectivity index (χ1) is 18.8. The predicted octanol–water partition coefficient (Wildman–Crippen LogP) is -1.95. The van der Waals surface area contributed by atoms with E-state index in [0.29, 0.717) is 32.0 Å². The van der Waals surface area contributed by atoms with Crippen molar-refractivity contribution in [2.45, 2.75) is 38.0 Å². The van der Waals surface area contributed by atoms with Crippen molar-refractivity contribution in [1.82, 2.24) is 51.2 Å². The first-order valence-electron chi connectivity index (χ1n) is 12.1. The predicted molar refractivity (Wildman–Crippen MR) is 143 cm³/mol. The lowest BCUT2D eigenvalue weighted by molar-refractivity contribution is 0.133. The summed E-state index contributed by atoms with van der Waals surface area (Å²) < 4.78 is 0. The van der Waals surface area contributed by atoms with Crippen LogP contribution in [0.1, 0.15) is 28.1 Å². The highest BCUT2D eigenvalue weighted by molar-refractivity contribution is 5.32. The van der Waals surface area contributed by atoms with Gasteiger partial charge in [-0.2, -0.15) is 15.0 Å². The number of nitrogens with zero attached hydrogens (tertiary/aromatic N) is 3. The van der Waals surface area contributed by atoms with Gasteiger partial charge in [0.05, 0.1) is 6.17 Å². The molecule has 4 bridgehead atoms. The van der Waals surface area contributed by atoms with Crippen LogP contribution in [0.2, 0.25) is 0 Å². The van der Waals surface area contributed by atoms with E-state index in [9.17, 15) is 14.4 Å². The molecule has 0 radical (unpaired) electrons. The molecule has 0 atom stereocenters. The average Bonchev–Trinajstić information content (AvgIpc) is 2.87. The number of hydrogen-bond acceptors (Lipinski definition) is 12. The minimum absolute atomic E-state index is 0.0946. The first kappa shape index (κ1) is 25.9. The second-order valence-electron chi connectivity index (χ2n) is 9.09. The fourth-order valence-electron chi connectivity index (χ4n) is 4.54. The molecule has 15 nitrogen and oxygen atoms in total. The molecule has 202 valence electrons. The molecule has 2 aliphatic rings. The summed E-state index contributed by atoms with van der Waals surface area (Å²) >= 11 is 0. The van der Waals surface area contributed by atoms with Gasteiger partial charge < -0.3 is 11.5 Å². The van der Waals surface area contributed by atoms with Gasteiger partial charge in [0.25, 0.3) is 0 Å². The van der Waals surface area contributed by atoms with Gasteiger partial charge in [0.2, 0.25) is 11.9 Å². The molecule has 0 amide bonds. The van der Waals surface area contributed by atoms with E-state index in [-0.39, 0.29) is 18.1 Å². The Morgan fingerprint density at radius 2 is 1.05 bits per heavy atom. The van der Waals surface area contributed by atoms with Gasteiger partial charge in [-0.05, 0) is 22.3 Å². The van der Waals surface area contributed by atoms with E-state index in [1.54, 1.807) is 15.0 Å². The van der Waals surface area contributed by atoms with Gasteiger partial charge in [-0.15, -0.1) is 0 Å². The second-order valence-corrected chi connectivity index (χ2v) is 9.09. The van der Waals surface area contributed by atoms with Crippen LogP contribution in [0.4, 0.5) is 11.9 Å². The number of benzene rings is 2. The van der Waals surface area contributed by atoms with Crippen molar-refractivity contribution < 1.29 is 0 Å². The molecule has 2 aromatic carbocycles. The van der Waals surface area contributed by atoms with E-state index in [1.807, 2.05) is 0 Å². The van der Waals surface area contributed by atoms with Crippen molar-refractivity contribution in [1.29, 1.82) is 0 Å².